The Hall–Kier alpha value is -2.94. The molecule has 0 amide bonds. The second-order valence-corrected chi connectivity index (χ2v) is 3.73. The van der Waals surface area contributed by atoms with Crippen LogP contribution in [0.3, 0.4) is 0 Å². The molecule has 0 fully saturated rings. The quantitative estimate of drug-likeness (QED) is 0.686. The second kappa shape index (κ2) is 3.82. The summed E-state index contributed by atoms with van der Waals surface area (Å²) >= 11 is 0. The Balaban J connectivity index is 2.24. The van der Waals surface area contributed by atoms with Crippen molar-refractivity contribution in [2.75, 3.05) is 5.73 Å². The summed E-state index contributed by atoms with van der Waals surface area (Å²) in [5.74, 6) is 0.837. The molecule has 0 saturated carbocycles. The Morgan fingerprint density at radius 2 is 2.00 bits per heavy atom. The largest absolute Gasteiger partial charge is 0.384 e. The number of hydrogen-bond donors (Lipinski definition) is 1. The molecule has 0 spiro atoms. The maximum Gasteiger partial charge on any atom is 0.254 e. The van der Waals surface area contributed by atoms with Crippen molar-refractivity contribution in [2.45, 2.75) is 0 Å². The monoisotopic (exact) mass is 236 g/mol. The number of benzene rings is 1. The average Bonchev–Trinajstić information content (AvgIpc) is 2.86. The van der Waals surface area contributed by atoms with Crippen molar-refractivity contribution in [3.63, 3.8) is 0 Å². The molecule has 2 aromatic heterocycles. The van der Waals surface area contributed by atoms with E-state index in [1.165, 1.54) is 6.33 Å². The number of rotatable bonds is 1. The van der Waals surface area contributed by atoms with Gasteiger partial charge in [-0.05, 0) is 12.1 Å². The number of nitriles is 1. The molecular formula is C12H8N6. The summed E-state index contributed by atoms with van der Waals surface area (Å²) in [7, 11) is 0. The average molecular weight is 236 g/mol. The van der Waals surface area contributed by atoms with Gasteiger partial charge in [0.2, 0.25) is 0 Å². The first kappa shape index (κ1) is 10.2. The van der Waals surface area contributed by atoms with Crippen molar-refractivity contribution >= 4 is 11.6 Å². The molecule has 18 heavy (non-hydrogen) atoms. The van der Waals surface area contributed by atoms with E-state index < -0.39 is 0 Å². The number of anilines is 1. The molecule has 0 radical (unpaired) electrons. The predicted octanol–water partition coefficient (Wildman–Crippen LogP) is 1.25. The van der Waals surface area contributed by atoms with Gasteiger partial charge in [-0.15, -0.1) is 0 Å². The van der Waals surface area contributed by atoms with Crippen LogP contribution >= 0.6 is 0 Å². The lowest BCUT2D eigenvalue weighted by Crippen LogP contribution is -2.00. The van der Waals surface area contributed by atoms with Crippen molar-refractivity contribution in [2.24, 2.45) is 0 Å². The minimum absolute atomic E-state index is 0.384. The van der Waals surface area contributed by atoms with Crippen LogP contribution in [0.15, 0.2) is 36.7 Å². The first-order valence-corrected chi connectivity index (χ1v) is 5.25. The first-order chi connectivity index (χ1) is 8.78. The van der Waals surface area contributed by atoms with Gasteiger partial charge in [0, 0.05) is 11.6 Å². The number of fused-ring (bicyclic) bond motifs is 1. The van der Waals surface area contributed by atoms with Crippen LogP contribution in [0.5, 0.6) is 0 Å². The van der Waals surface area contributed by atoms with Crippen LogP contribution in [0, 0.1) is 11.3 Å². The van der Waals surface area contributed by atoms with Gasteiger partial charge >= 0.3 is 0 Å². The molecule has 0 unspecified atom stereocenters. The molecule has 0 aliphatic rings. The maximum atomic E-state index is 8.77. The highest BCUT2D eigenvalue weighted by atomic mass is 15.3. The van der Waals surface area contributed by atoms with Gasteiger partial charge in [0.05, 0.1) is 17.3 Å². The molecule has 2 heterocycles. The van der Waals surface area contributed by atoms with Gasteiger partial charge < -0.3 is 5.73 Å². The van der Waals surface area contributed by atoms with E-state index >= 15 is 0 Å². The third-order valence-electron chi connectivity index (χ3n) is 2.58. The molecule has 86 valence electrons. The van der Waals surface area contributed by atoms with E-state index in [0.29, 0.717) is 17.2 Å². The molecule has 0 aliphatic carbocycles. The maximum absolute atomic E-state index is 8.77. The predicted molar refractivity (Wildman–Crippen MR) is 65.3 cm³/mol. The highest BCUT2D eigenvalue weighted by molar-refractivity contribution is 5.65. The molecule has 0 aliphatic heterocycles. The number of aromatic nitrogens is 4. The minimum Gasteiger partial charge on any atom is -0.384 e. The van der Waals surface area contributed by atoms with Crippen LogP contribution in [-0.2, 0) is 0 Å². The van der Waals surface area contributed by atoms with E-state index in [9.17, 15) is 0 Å². The van der Waals surface area contributed by atoms with E-state index in [0.717, 1.165) is 11.3 Å². The highest BCUT2D eigenvalue weighted by Gasteiger charge is 2.08. The van der Waals surface area contributed by atoms with Gasteiger partial charge in [-0.2, -0.15) is 24.8 Å². The smallest absolute Gasteiger partial charge is 0.254 e. The molecule has 0 saturated heterocycles. The Bertz CT molecular complexity index is 750. The first-order valence-electron chi connectivity index (χ1n) is 5.25. The van der Waals surface area contributed by atoms with Crippen molar-refractivity contribution in [1.29, 1.82) is 5.26 Å². The second-order valence-electron chi connectivity index (χ2n) is 3.73. The summed E-state index contributed by atoms with van der Waals surface area (Å²) in [6, 6.07) is 11.0. The fourth-order valence-corrected chi connectivity index (χ4v) is 1.75. The molecule has 6 nitrogen and oxygen atoms in total. The van der Waals surface area contributed by atoms with Gasteiger partial charge in [0.25, 0.3) is 5.78 Å². The van der Waals surface area contributed by atoms with Gasteiger partial charge in [-0.3, -0.25) is 0 Å². The summed E-state index contributed by atoms with van der Waals surface area (Å²) in [5, 5.41) is 12.9. The van der Waals surface area contributed by atoms with Gasteiger partial charge in [0.15, 0.2) is 0 Å². The lowest BCUT2D eigenvalue weighted by Gasteiger charge is -2.05. The number of nitrogen functional groups attached to an aromatic ring is 1. The van der Waals surface area contributed by atoms with Crippen molar-refractivity contribution < 1.29 is 0 Å². The summed E-state index contributed by atoms with van der Waals surface area (Å²) < 4.78 is 1.61. The fraction of sp³-hybridized carbons (Fsp3) is 0. The highest BCUT2D eigenvalue weighted by Crippen LogP contribution is 2.21. The van der Waals surface area contributed by atoms with Crippen molar-refractivity contribution in [3.05, 3.63) is 42.2 Å². The van der Waals surface area contributed by atoms with Gasteiger partial charge in [0.1, 0.15) is 12.1 Å². The Morgan fingerprint density at radius 3 is 2.72 bits per heavy atom. The Labute approximate surface area is 102 Å². The van der Waals surface area contributed by atoms with E-state index in [-0.39, 0.29) is 0 Å². The Morgan fingerprint density at radius 1 is 1.22 bits per heavy atom. The summed E-state index contributed by atoms with van der Waals surface area (Å²) in [6.45, 7) is 0. The summed E-state index contributed by atoms with van der Waals surface area (Å²) in [6.07, 6.45) is 1.43. The van der Waals surface area contributed by atoms with E-state index in [2.05, 4.69) is 21.1 Å². The summed E-state index contributed by atoms with van der Waals surface area (Å²) in [5.41, 5.74) is 8.03. The van der Waals surface area contributed by atoms with Crippen LogP contribution in [0.25, 0.3) is 17.0 Å². The molecule has 3 aromatic rings. The SMILES string of the molecule is N#Cc1ccc(-c2cc(N)nc3ncnn23)cc1. The van der Waals surface area contributed by atoms with Crippen LogP contribution in [0.1, 0.15) is 5.56 Å². The molecule has 6 heteroatoms. The number of nitrogens with two attached hydrogens (primary N) is 1. The number of nitrogens with zero attached hydrogens (tertiary/aromatic N) is 5. The lowest BCUT2D eigenvalue weighted by molar-refractivity contribution is 0.950. The van der Waals surface area contributed by atoms with E-state index in [1.807, 2.05) is 12.1 Å². The molecule has 0 bridgehead atoms. The van der Waals surface area contributed by atoms with Crippen molar-refractivity contribution in [1.82, 2.24) is 19.6 Å². The van der Waals surface area contributed by atoms with Crippen LogP contribution in [-0.4, -0.2) is 19.6 Å². The fourth-order valence-electron chi connectivity index (χ4n) is 1.75. The third-order valence-corrected chi connectivity index (χ3v) is 2.58. The standard InChI is InChI=1S/C12H8N6/c13-6-8-1-3-9(4-2-8)10-5-11(14)17-12-15-7-16-18(10)12/h1-5,7H,(H2,14,15,16,17). The van der Waals surface area contributed by atoms with Crippen LogP contribution < -0.4 is 5.73 Å². The Kier molecular flexibility index (Phi) is 2.17. The van der Waals surface area contributed by atoms with Crippen molar-refractivity contribution in [3.8, 4) is 17.3 Å². The molecular weight excluding hydrogens is 228 g/mol. The molecule has 3 rings (SSSR count). The number of hydrogen-bond acceptors (Lipinski definition) is 5. The molecule has 1 aromatic carbocycles. The molecule has 0 atom stereocenters. The normalized spacial score (nSPS) is 10.4. The van der Waals surface area contributed by atoms with Crippen LogP contribution in [0.4, 0.5) is 5.82 Å². The lowest BCUT2D eigenvalue weighted by atomic mass is 10.1. The van der Waals surface area contributed by atoms with E-state index in [4.69, 9.17) is 11.0 Å². The zero-order valence-electron chi connectivity index (χ0n) is 9.28. The topological polar surface area (TPSA) is 92.9 Å². The third kappa shape index (κ3) is 1.55. The molecule has 2 N–H and O–H groups in total. The van der Waals surface area contributed by atoms with E-state index in [1.54, 1.807) is 22.7 Å². The zero-order valence-corrected chi connectivity index (χ0v) is 9.28. The minimum atomic E-state index is 0.384. The zero-order chi connectivity index (χ0) is 12.5. The van der Waals surface area contributed by atoms with Gasteiger partial charge in [-0.25, -0.2) is 0 Å². The van der Waals surface area contributed by atoms with Gasteiger partial charge in [-0.1, -0.05) is 12.1 Å². The summed E-state index contributed by atoms with van der Waals surface area (Å²) in [4.78, 5) is 8.08. The van der Waals surface area contributed by atoms with Crippen LogP contribution in [0.2, 0.25) is 0 Å².